The second kappa shape index (κ2) is 16.1. The van der Waals surface area contributed by atoms with Crippen molar-refractivity contribution in [2.45, 2.75) is 5.41 Å². The van der Waals surface area contributed by atoms with Gasteiger partial charge >= 0.3 is 0 Å². The van der Waals surface area contributed by atoms with Gasteiger partial charge in [0, 0.05) is 44.5 Å². The molecule has 3 heterocycles. The molecule has 13 rings (SSSR count). The van der Waals surface area contributed by atoms with Gasteiger partial charge in [-0.1, -0.05) is 212 Å². The number of benzene rings is 9. The molecule has 0 saturated heterocycles. The lowest BCUT2D eigenvalue weighted by Crippen LogP contribution is -2.32. The maximum absolute atomic E-state index is 6.75. The van der Waals surface area contributed by atoms with Crippen LogP contribution in [0.25, 0.3) is 90.3 Å². The summed E-state index contributed by atoms with van der Waals surface area (Å²) in [7, 11) is 0. The highest BCUT2D eigenvalue weighted by atomic mass is 16.5. The fraction of sp³-hybridized carbons (Fsp3) is 0.0161. The van der Waals surface area contributed by atoms with E-state index in [1.807, 2.05) is 84.9 Å². The summed E-state index contributed by atoms with van der Waals surface area (Å²) < 4.78 is 6.75. The Balaban J connectivity index is 0.997. The zero-order valence-electron chi connectivity index (χ0n) is 36.7. The second-order valence-electron chi connectivity index (χ2n) is 17.1. The highest BCUT2D eigenvalue weighted by Crippen LogP contribution is 2.64. The highest BCUT2D eigenvalue weighted by molar-refractivity contribution is 5.95. The molecular formula is C62H39N5O. The molecule has 68 heavy (non-hydrogen) atoms. The summed E-state index contributed by atoms with van der Waals surface area (Å²) >= 11 is 0. The standard InChI is InChI=1S/C62H39N5O/c1-5-18-41(19-6-1)53-39-54(64-58(63-53)43-20-7-2-8-21-43)42-34-32-40(33-35-42)46-36-37-50-49(38-46)47-26-17-27-48(57(47)62(50)51-28-13-15-30-55(51)68-56-31-16-14-29-52(56)62)61-66-59(44-22-9-3-10-23-44)65-60(67-61)45-24-11-4-12-25-45/h1-39H. The summed E-state index contributed by atoms with van der Waals surface area (Å²) in [5.74, 6) is 4.17. The molecule has 9 aromatic carbocycles. The molecule has 6 heteroatoms. The summed E-state index contributed by atoms with van der Waals surface area (Å²) in [6, 6.07) is 82.0. The minimum Gasteiger partial charge on any atom is -0.457 e. The van der Waals surface area contributed by atoms with E-state index in [0.717, 1.165) is 95.2 Å². The Labute approximate surface area is 394 Å². The van der Waals surface area contributed by atoms with Crippen molar-refractivity contribution in [3.8, 4) is 102 Å². The van der Waals surface area contributed by atoms with Gasteiger partial charge in [-0.25, -0.2) is 24.9 Å². The molecule has 1 aliphatic heterocycles. The monoisotopic (exact) mass is 869 g/mol. The summed E-state index contributed by atoms with van der Waals surface area (Å²) in [6.45, 7) is 0. The molecule has 2 aliphatic rings. The molecule has 0 fully saturated rings. The molecule has 11 aromatic rings. The summed E-state index contributed by atoms with van der Waals surface area (Å²) in [4.78, 5) is 25.8. The fourth-order valence-electron chi connectivity index (χ4n) is 10.2. The van der Waals surface area contributed by atoms with Gasteiger partial charge in [-0.15, -0.1) is 0 Å². The zero-order valence-corrected chi connectivity index (χ0v) is 36.7. The van der Waals surface area contributed by atoms with Gasteiger partial charge < -0.3 is 4.74 Å². The number of ether oxygens (including phenoxy) is 1. The van der Waals surface area contributed by atoms with Gasteiger partial charge in [0.15, 0.2) is 23.3 Å². The average molecular weight is 870 g/mol. The second-order valence-corrected chi connectivity index (χ2v) is 17.1. The van der Waals surface area contributed by atoms with Crippen LogP contribution in [0.5, 0.6) is 11.5 Å². The molecule has 0 unspecified atom stereocenters. The van der Waals surface area contributed by atoms with Crippen molar-refractivity contribution in [1.29, 1.82) is 0 Å². The van der Waals surface area contributed by atoms with Gasteiger partial charge in [0.05, 0.1) is 16.8 Å². The SMILES string of the molecule is c1ccc(-c2cc(-c3ccc(-c4ccc5c(c4)-c4cccc(-c6nc(-c7ccccc7)nc(-c7ccccc7)n6)c4C54c5ccccc5Oc5ccccc54)cc3)nc(-c3ccccc3)n2)cc1. The number of aromatic nitrogens is 5. The molecule has 0 saturated carbocycles. The molecule has 318 valence electrons. The van der Waals surface area contributed by atoms with E-state index in [1.54, 1.807) is 0 Å². The number of rotatable bonds is 7. The van der Waals surface area contributed by atoms with Gasteiger partial charge in [-0.05, 0) is 57.6 Å². The summed E-state index contributed by atoms with van der Waals surface area (Å²) in [5, 5.41) is 0. The van der Waals surface area contributed by atoms with E-state index in [1.165, 1.54) is 5.56 Å². The molecule has 2 aromatic heterocycles. The van der Waals surface area contributed by atoms with Crippen LogP contribution in [-0.4, -0.2) is 24.9 Å². The van der Waals surface area contributed by atoms with E-state index in [2.05, 4.69) is 152 Å². The number of nitrogens with zero attached hydrogens (tertiary/aromatic N) is 5. The predicted octanol–water partition coefficient (Wildman–Crippen LogP) is 14.8. The van der Waals surface area contributed by atoms with Crippen LogP contribution in [0.4, 0.5) is 0 Å². The molecule has 0 atom stereocenters. The molecule has 0 bridgehead atoms. The topological polar surface area (TPSA) is 73.7 Å². The normalized spacial score (nSPS) is 12.6. The zero-order chi connectivity index (χ0) is 45.0. The summed E-state index contributed by atoms with van der Waals surface area (Å²) in [6.07, 6.45) is 0. The van der Waals surface area contributed by atoms with E-state index in [9.17, 15) is 0 Å². The number of para-hydroxylation sites is 2. The van der Waals surface area contributed by atoms with E-state index < -0.39 is 5.41 Å². The number of hydrogen-bond acceptors (Lipinski definition) is 6. The Hall–Kier alpha value is -9.13. The van der Waals surface area contributed by atoms with E-state index in [-0.39, 0.29) is 0 Å². The van der Waals surface area contributed by atoms with Crippen LogP contribution >= 0.6 is 0 Å². The molecule has 0 amide bonds. The first-order valence-corrected chi connectivity index (χ1v) is 22.8. The first-order valence-electron chi connectivity index (χ1n) is 22.8. The molecule has 6 nitrogen and oxygen atoms in total. The third kappa shape index (κ3) is 6.45. The van der Waals surface area contributed by atoms with E-state index in [4.69, 9.17) is 29.7 Å². The van der Waals surface area contributed by atoms with Gasteiger partial charge in [0.2, 0.25) is 0 Å². The molecule has 0 radical (unpaired) electrons. The van der Waals surface area contributed by atoms with E-state index in [0.29, 0.717) is 23.3 Å². The molecule has 0 N–H and O–H groups in total. The van der Waals surface area contributed by atoms with E-state index >= 15 is 0 Å². The maximum atomic E-state index is 6.75. The van der Waals surface area contributed by atoms with Gasteiger partial charge in [-0.3, -0.25) is 0 Å². The molecular weight excluding hydrogens is 831 g/mol. The van der Waals surface area contributed by atoms with Gasteiger partial charge in [-0.2, -0.15) is 0 Å². The Morgan fingerprint density at radius 2 is 0.691 bits per heavy atom. The maximum Gasteiger partial charge on any atom is 0.164 e. The third-order valence-electron chi connectivity index (χ3n) is 13.2. The quantitative estimate of drug-likeness (QED) is 0.159. The number of hydrogen-bond donors (Lipinski definition) is 0. The van der Waals surface area contributed by atoms with Crippen molar-refractivity contribution >= 4 is 0 Å². The Morgan fingerprint density at radius 1 is 0.265 bits per heavy atom. The van der Waals surface area contributed by atoms with Crippen molar-refractivity contribution in [3.05, 3.63) is 259 Å². The van der Waals surface area contributed by atoms with Crippen LogP contribution in [0.3, 0.4) is 0 Å². The van der Waals surface area contributed by atoms with Crippen molar-refractivity contribution in [2.75, 3.05) is 0 Å². The van der Waals surface area contributed by atoms with Crippen molar-refractivity contribution in [2.24, 2.45) is 0 Å². The van der Waals surface area contributed by atoms with Crippen LogP contribution in [0.15, 0.2) is 237 Å². The predicted molar refractivity (Wildman–Crippen MR) is 271 cm³/mol. The van der Waals surface area contributed by atoms with Crippen LogP contribution in [0, 0.1) is 0 Å². The number of fused-ring (bicyclic) bond motifs is 9. The third-order valence-corrected chi connectivity index (χ3v) is 13.2. The molecule has 1 spiro atoms. The average Bonchev–Trinajstić information content (AvgIpc) is 3.71. The minimum atomic E-state index is -0.762. The molecule has 1 aliphatic carbocycles. The van der Waals surface area contributed by atoms with Crippen molar-refractivity contribution in [1.82, 2.24) is 24.9 Å². The van der Waals surface area contributed by atoms with Crippen LogP contribution < -0.4 is 4.74 Å². The Kier molecular flexibility index (Phi) is 9.29. The lowest BCUT2D eigenvalue weighted by molar-refractivity contribution is 0.436. The Bertz CT molecular complexity index is 3530. The smallest absolute Gasteiger partial charge is 0.164 e. The van der Waals surface area contributed by atoms with Gasteiger partial charge in [0.1, 0.15) is 11.5 Å². The fourth-order valence-corrected chi connectivity index (χ4v) is 10.2. The first kappa shape index (κ1) is 39.3. The lowest BCUT2D eigenvalue weighted by atomic mass is 9.65. The van der Waals surface area contributed by atoms with Crippen molar-refractivity contribution in [3.63, 3.8) is 0 Å². The minimum absolute atomic E-state index is 0.606. The van der Waals surface area contributed by atoms with Crippen LogP contribution in [0.2, 0.25) is 0 Å². The highest BCUT2D eigenvalue weighted by Gasteiger charge is 2.52. The van der Waals surface area contributed by atoms with Crippen LogP contribution in [-0.2, 0) is 5.41 Å². The lowest BCUT2D eigenvalue weighted by Gasteiger charge is -2.40. The van der Waals surface area contributed by atoms with Crippen LogP contribution in [0.1, 0.15) is 22.3 Å². The van der Waals surface area contributed by atoms with Crippen molar-refractivity contribution < 1.29 is 4.74 Å². The van der Waals surface area contributed by atoms with Gasteiger partial charge in [0.25, 0.3) is 0 Å². The largest absolute Gasteiger partial charge is 0.457 e. The summed E-state index contributed by atoms with van der Waals surface area (Å²) in [5.41, 5.74) is 15.7. The Morgan fingerprint density at radius 3 is 1.25 bits per heavy atom. The first-order chi connectivity index (χ1) is 33.7.